The fraction of sp³-hybridized carbons (Fsp3) is 0.286. The Kier molecular flexibility index (Phi) is 5.51. The highest BCUT2D eigenvalue weighted by molar-refractivity contribution is 5.87. The molecule has 0 unspecified atom stereocenters. The Morgan fingerprint density at radius 2 is 1.84 bits per heavy atom. The van der Waals surface area contributed by atoms with Crippen LogP contribution in [0.5, 0.6) is 0 Å². The highest BCUT2D eigenvalue weighted by atomic mass is 16.5. The SMILES string of the molecule is COC(=O)/C=C/c1ccc(-c2ccc(N3CCOCC3)cc2)c(C)c1. The van der Waals surface area contributed by atoms with Crippen molar-refractivity contribution in [2.24, 2.45) is 0 Å². The molecule has 0 saturated carbocycles. The van der Waals surface area contributed by atoms with Gasteiger partial charge in [-0.25, -0.2) is 4.79 Å². The molecule has 2 aromatic carbocycles. The molecule has 1 fully saturated rings. The van der Waals surface area contributed by atoms with Gasteiger partial charge in [-0.05, 0) is 47.4 Å². The lowest BCUT2D eigenvalue weighted by atomic mass is 9.98. The minimum Gasteiger partial charge on any atom is -0.466 e. The summed E-state index contributed by atoms with van der Waals surface area (Å²) in [6, 6.07) is 14.9. The first-order chi connectivity index (χ1) is 12.2. The molecule has 0 bridgehead atoms. The van der Waals surface area contributed by atoms with Gasteiger partial charge in [-0.1, -0.05) is 30.3 Å². The molecule has 3 rings (SSSR count). The van der Waals surface area contributed by atoms with Crippen LogP contribution in [0.3, 0.4) is 0 Å². The molecule has 0 N–H and O–H groups in total. The van der Waals surface area contributed by atoms with Crippen LogP contribution in [0.2, 0.25) is 0 Å². The van der Waals surface area contributed by atoms with Crippen LogP contribution in [0.1, 0.15) is 11.1 Å². The standard InChI is InChI=1S/C21H23NO3/c1-16-15-17(4-10-21(23)24-2)3-9-20(16)18-5-7-19(8-6-18)22-11-13-25-14-12-22/h3-10,15H,11-14H2,1-2H3/b10-4+. The molecule has 0 aromatic heterocycles. The number of methoxy groups -OCH3 is 1. The first-order valence-corrected chi connectivity index (χ1v) is 8.47. The summed E-state index contributed by atoms with van der Waals surface area (Å²) in [6.07, 6.45) is 3.20. The average Bonchev–Trinajstić information content (AvgIpc) is 2.67. The van der Waals surface area contributed by atoms with E-state index < -0.39 is 0 Å². The number of carbonyl (C=O) groups is 1. The van der Waals surface area contributed by atoms with Crippen molar-refractivity contribution in [3.8, 4) is 11.1 Å². The lowest BCUT2D eigenvalue weighted by molar-refractivity contribution is -0.134. The van der Waals surface area contributed by atoms with Gasteiger partial charge < -0.3 is 14.4 Å². The molecule has 1 aliphatic heterocycles. The summed E-state index contributed by atoms with van der Waals surface area (Å²) in [5, 5.41) is 0. The summed E-state index contributed by atoms with van der Waals surface area (Å²) in [5.74, 6) is -0.347. The summed E-state index contributed by atoms with van der Waals surface area (Å²) < 4.78 is 10.0. The van der Waals surface area contributed by atoms with Crippen molar-refractivity contribution in [2.45, 2.75) is 6.92 Å². The third-order valence-corrected chi connectivity index (χ3v) is 4.42. The van der Waals surface area contributed by atoms with Crippen LogP contribution in [-0.2, 0) is 14.3 Å². The van der Waals surface area contributed by atoms with Crippen LogP contribution in [0.25, 0.3) is 17.2 Å². The lowest BCUT2D eigenvalue weighted by Crippen LogP contribution is -2.36. The first-order valence-electron chi connectivity index (χ1n) is 8.47. The molecule has 25 heavy (non-hydrogen) atoms. The predicted molar refractivity (Wildman–Crippen MR) is 101 cm³/mol. The summed E-state index contributed by atoms with van der Waals surface area (Å²) in [7, 11) is 1.38. The largest absolute Gasteiger partial charge is 0.466 e. The monoisotopic (exact) mass is 337 g/mol. The number of anilines is 1. The number of nitrogens with zero attached hydrogens (tertiary/aromatic N) is 1. The van der Waals surface area contributed by atoms with Crippen molar-refractivity contribution in [2.75, 3.05) is 38.3 Å². The van der Waals surface area contributed by atoms with E-state index >= 15 is 0 Å². The molecule has 0 atom stereocenters. The summed E-state index contributed by atoms with van der Waals surface area (Å²) in [4.78, 5) is 13.5. The maximum absolute atomic E-state index is 11.2. The highest BCUT2D eigenvalue weighted by Crippen LogP contribution is 2.27. The van der Waals surface area contributed by atoms with Crippen molar-refractivity contribution < 1.29 is 14.3 Å². The minimum absolute atomic E-state index is 0.347. The van der Waals surface area contributed by atoms with E-state index in [1.54, 1.807) is 6.08 Å². The molecule has 1 aliphatic rings. The van der Waals surface area contributed by atoms with E-state index in [0.717, 1.165) is 31.9 Å². The number of hydrogen-bond donors (Lipinski definition) is 0. The number of carbonyl (C=O) groups excluding carboxylic acids is 1. The van der Waals surface area contributed by atoms with Gasteiger partial charge in [0, 0.05) is 24.9 Å². The van der Waals surface area contributed by atoms with Gasteiger partial charge in [-0.15, -0.1) is 0 Å². The van der Waals surface area contributed by atoms with Gasteiger partial charge in [0.25, 0.3) is 0 Å². The second-order valence-corrected chi connectivity index (χ2v) is 6.08. The molecule has 4 nitrogen and oxygen atoms in total. The van der Waals surface area contributed by atoms with Gasteiger partial charge in [0.15, 0.2) is 0 Å². The summed E-state index contributed by atoms with van der Waals surface area (Å²) in [5.41, 5.74) is 5.78. The van der Waals surface area contributed by atoms with E-state index in [1.165, 1.54) is 35.6 Å². The summed E-state index contributed by atoms with van der Waals surface area (Å²) in [6.45, 7) is 5.56. The topological polar surface area (TPSA) is 38.8 Å². The zero-order chi connectivity index (χ0) is 17.6. The van der Waals surface area contributed by atoms with Crippen molar-refractivity contribution in [3.63, 3.8) is 0 Å². The molecule has 130 valence electrons. The minimum atomic E-state index is -0.347. The Balaban J connectivity index is 1.77. The van der Waals surface area contributed by atoms with Gasteiger partial charge in [0.2, 0.25) is 0 Å². The highest BCUT2D eigenvalue weighted by Gasteiger charge is 2.11. The Morgan fingerprint density at radius 1 is 1.12 bits per heavy atom. The second-order valence-electron chi connectivity index (χ2n) is 6.08. The van der Waals surface area contributed by atoms with Crippen molar-refractivity contribution in [1.29, 1.82) is 0 Å². The van der Waals surface area contributed by atoms with Gasteiger partial charge in [0.05, 0.1) is 20.3 Å². The van der Waals surface area contributed by atoms with E-state index in [4.69, 9.17) is 4.74 Å². The molecule has 1 saturated heterocycles. The van der Waals surface area contributed by atoms with Crippen LogP contribution in [0.4, 0.5) is 5.69 Å². The fourth-order valence-corrected chi connectivity index (χ4v) is 3.02. The molecule has 2 aromatic rings. The van der Waals surface area contributed by atoms with Gasteiger partial charge >= 0.3 is 5.97 Å². The number of aryl methyl sites for hydroxylation is 1. The van der Waals surface area contributed by atoms with Crippen molar-refractivity contribution in [1.82, 2.24) is 0 Å². The number of benzene rings is 2. The third kappa shape index (κ3) is 4.28. The summed E-state index contributed by atoms with van der Waals surface area (Å²) >= 11 is 0. The van der Waals surface area contributed by atoms with Crippen LogP contribution in [-0.4, -0.2) is 39.4 Å². The first kappa shape index (κ1) is 17.2. The Bertz CT molecular complexity index is 759. The normalized spacial score (nSPS) is 14.7. The van der Waals surface area contributed by atoms with Crippen molar-refractivity contribution >= 4 is 17.7 Å². The molecule has 0 radical (unpaired) electrons. The number of hydrogen-bond acceptors (Lipinski definition) is 4. The molecular weight excluding hydrogens is 314 g/mol. The van der Waals surface area contributed by atoms with Gasteiger partial charge in [0.1, 0.15) is 0 Å². The zero-order valence-electron chi connectivity index (χ0n) is 14.7. The van der Waals surface area contributed by atoms with Crippen LogP contribution in [0, 0.1) is 6.92 Å². The quantitative estimate of drug-likeness (QED) is 0.630. The Hall–Kier alpha value is -2.59. The van der Waals surface area contributed by atoms with Crippen molar-refractivity contribution in [3.05, 3.63) is 59.7 Å². The predicted octanol–water partition coefficient (Wildman–Crippen LogP) is 3.68. The molecule has 0 aliphatic carbocycles. The molecule has 0 amide bonds. The molecule has 0 spiro atoms. The van der Waals surface area contributed by atoms with E-state index in [9.17, 15) is 4.79 Å². The third-order valence-electron chi connectivity index (χ3n) is 4.42. The van der Waals surface area contributed by atoms with E-state index in [0.29, 0.717) is 0 Å². The average molecular weight is 337 g/mol. The van der Waals surface area contributed by atoms with E-state index in [2.05, 4.69) is 53.0 Å². The lowest BCUT2D eigenvalue weighted by Gasteiger charge is -2.29. The molecular formula is C21H23NO3. The number of rotatable bonds is 4. The maximum atomic E-state index is 11.2. The molecule has 4 heteroatoms. The number of morpholine rings is 1. The smallest absolute Gasteiger partial charge is 0.330 e. The number of ether oxygens (including phenoxy) is 2. The van der Waals surface area contributed by atoms with Crippen LogP contribution < -0.4 is 4.90 Å². The van der Waals surface area contributed by atoms with Gasteiger partial charge in [-0.3, -0.25) is 0 Å². The fourth-order valence-electron chi connectivity index (χ4n) is 3.02. The maximum Gasteiger partial charge on any atom is 0.330 e. The number of esters is 1. The van der Waals surface area contributed by atoms with E-state index in [1.807, 2.05) is 6.07 Å². The van der Waals surface area contributed by atoms with Crippen LogP contribution in [0.15, 0.2) is 48.5 Å². The second kappa shape index (κ2) is 7.99. The van der Waals surface area contributed by atoms with Crippen LogP contribution >= 0.6 is 0 Å². The Labute approximate surface area is 148 Å². The zero-order valence-corrected chi connectivity index (χ0v) is 14.7. The van der Waals surface area contributed by atoms with E-state index in [-0.39, 0.29) is 5.97 Å². The van der Waals surface area contributed by atoms with Gasteiger partial charge in [-0.2, -0.15) is 0 Å². The Morgan fingerprint density at radius 3 is 2.48 bits per heavy atom. The molecule has 1 heterocycles.